The number of H-pyrrole nitrogens is 1. The average molecular weight is 410 g/mol. The van der Waals surface area contributed by atoms with E-state index in [0.717, 1.165) is 39.8 Å². The number of ether oxygens (including phenoxy) is 2. The van der Waals surface area contributed by atoms with Crippen LogP contribution < -0.4 is 9.47 Å². The van der Waals surface area contributed by atoms with Crippen molar-refractivity contribution in [3.05, 3.63) is 101 Å². The second kappa shape index (κ2) is 10.0. The Morgan fingerprint density at radius 1 is 0.839 bits per heavy atom. The zero-order chi connectivity index (χ0) is 21.3. The van der Waals surface area contributed by atoms with E-state index in [2.05, 4.69) is 20.2 Å². The minimum atomic E-state index is 0.404. The molecule has 0 bridgehead atoms. The van der Waals surface area contributed by atoms with Gasteiger partial charge in [0.05, 0.1) is 29.9 Å². The number of methoxy groups -OCH3 is 1. The fourth-order valence-electron chi connectivity index (χ4n) is 2.91. The van der Waals surface area contributed by atoms with Gasteiger partial charge >= 0.3 is 0 Å². The number of benzene rings is 1. The Labute approximate surface area is 180 Å². The van der Waals surface area contributed by atoms with E-state index in [1.54, 1.807) is 19.5 Å². The largest absolute Gasteiger partial charge is 0.496 e. The molecule has 0 aliphatic carbocycles. The molecule has 0 aliphatic heterocycles. The van der Waals surface area contributed by atoms with Gasteiger partial charge in [-0.3, -0.25) is 15.1 Å². The van der Waals surface area contributed by atoms with Crippen molar-refractivity contribution >= 4 is 24.3 Å². The molecule has 31 heavy (non-hydrogen) atoms. The van der Waals surface area contributed by atoms with Crippen LogP contribution in [0.3, 0.4) is 0 Å². The quantitative estimate of drug-likeness (QED) is 0.436. The highest BCUT2D eigenvalue weighted by atomic mass is 16.5. The van der Waals surface area contributed by atoms with Crippen molar-refractivity contribution in [2.45, 2.75) is 6.61 Å². The lowest BCUT2D eigenvalue weighted by molar-refractivity contribution is 0.299. The molecule has 4 aromatic rings. The lowest BCUT2D eigenvalue weighted by Gasteiger charge is -2.09. The predicted octanol–water partition coefficient (Wildman–Crippen LogP) is 5.13. The van der Waals surface area contributed by atoms with Gasteiger partial charge in [0.2, 0.25) is 0 Å². The van der Waals surface area contributed by atoms with Crippen molar-refractivity contribution in [3.8, 4) is 11.5 Å². The Bertz CT molecular complexity index is 1170. The summed E-state index contributed by atoms with van der Waals surface area (Å²) >= 11 is 0. The van der Waals surface area contributed by atoms with E-state index in [1.165, 1.54) is 0 Å². The van der Waals surface area contributed by atoms with Crippen molar-refractivity contribution < 1.29 is 9.47 Å². The molecule has 1 N–H and O–H groups in total. The second-order valence-corrected chi connectivity index (χ2v) is 6.68. The normalized spacial score (nSPS) is 11.3. The van der Waals surface area contributed by atoms with Crippen LogP contribution in [0.4, 0.5) is 0 Å². The molecule has 0 saturated carbocycles. The van der Waals surface area contributed by atoms with Gasteiger partial charge in [-0.25, -0.2) is 0 Å². The molecule has 0 fully saturated rings. The first-order valence-electron chi connectivity index (χ1n) is 9.83. The zero-order valence-corrected chi connectivity index (χ0v) is 17.1. The minimum absolute atomic E-state index is 0.404. The highest BCUT2D eigenvalue weighted by Gasteiger charge is 2.04. The molecular formula is C25H22N4O2. The summed E-state index contributed by atoms with van der Waals surface area (Å²) in [6.07, 6.45) is 11.3. The van der Waals surface area contributed by atoms with Gasteiger partial charge in [0.1, 0.15) is 18.1 Å². The second-order valence-electron chi connectivity index (χ2n) is 6.68. The molecule has 0 amide bonds. The first kappa shape index (κ1) is 20.1. The summed E-state index contributed by atoms with van der Waals surface area (Å²) in [4.78, 5) is 8.53. The molecule has 4 rings (SSSR count). The Morgan fingerprint density at radius 3 is 2.45 bits per heavy atom. The summed E-state index contributed by atoms with van der Waals surface area (Å²) in [7, 11) is 1.64. The number of hydrogen-bond acceptors (Lipinski definition) is 5. The summed E-state index contributed by atoms with van der Waals surface area (Å²) in [5.74, 6) is 1.45. The SMILES string of the molecule is COc1cc(OCc2ccccn2)ccc1/C=C/c1cc(/C=C/c2ccccn2)[nH]n1. The Balaban J connectivity index is 1.41. The highest BCUT2D eigenvalue weighted by molar-refractivity contribution is 5.73. The first-order chi connectivity index (χ1) is 15.3. The van der Waals surface area contributed by atoms with Gasteiger partial charge in [-0.05, 0) is 66.8 Å². The molecule has 0 aliphatic rings. The predicted molar refractivity (Wildman–Crippen MR) is 122 cm³/mol. The van der Waals surface area contributed by atoms with Crippen molar-refractivity contribution in [3.63, 3.8) is 0 Å². The van der Waals surface area contributed by atoms with E-state index in [1.807, 2.05) is 85.0 Å². The van der Waals surface area contributed by atoms with Crippen LogP contribution in [0, 0.1) is 0 Å². The maximum atomic E-state index is 5.82. The fraction of sp³-hybridized carbons (Fsp3) is 0.0800. The van der Waals surface area contributed by atoms with Crippen LogP contribution in [0.2, 0.25) is 0 Å². The summed E-state index contributed by atoms with van der Waals surface area (Å²) in [6, 6.07) is 19.2. The van der Waals surface area contributed by atoms with Crippen molar-refractivity contribution in [1.82, 2.24) is 20.2 Å². The summed E-state index contributed by atoms with van der Waals surface area (Å²) < 4.78 is 11.3. The summed E-state index contributed by atoms with van der Waals surface area (Å²) in [5.41, 5.74) is 4.41. The molecule has 0 radical (unpaired) electrons. The van der Waals surface area contributed by atoms with Gasteiger partial charge in [0.25, 0.3) is 0 Å². The third kappa shape index (κ3) is 5.67. The number of rotatable bonds is 8. The molecule has 0 spiro atoms. The maximum absolute atomic E-state index is 5.82. The van der Waals surface area contributed by atoms with E-state index in [9.17, 15) is 0 Å². The van der Waals surface area contributed by atoms with E-state index < -0.39 is 0 Å². The molecule has 154 valence electrons. The number of aromatic amines is 1. The van der Waals surface area contributed by atoms with Gasteiger partial charge in [-0.1, -0.05) is 12.1 Å². The number of nitrogens with zero attached hydrogens (tertiary/aromatic N) is 3. The molecular weight excluding hydrogens is 388 g/mol. The summed E-state index contributed by atoms with van der Waals surface area (Å²) in [5, 5.41) is 7.33. The monoisotopic (exact) mass is 410 g/mol. The van der Waals surface area contributed by atoms with E-state index in [4.69, 9.17) is 9.47 Å². The van der Waals surface area contributed by atoms with Gasteiger partial charge in [-0.15, -0.1) is 0 Å². The minimum Gasteiger partial charge on any atom is -0.496 e. The molecule has 6 nitrogen and oxygen atoms in total. The first-order valence-corrected chi connectivity index (χ1v) is 9.83. The van der Waals surface area contributed by atoms with Crippen LogP contribution in [0.25, 0.3) is 24.3 Å². The maximum Gasteiger partial charge on any atom is 0.130 e. The Morgan fingerprint density at radius 2 is 1.68 bits per heavy atom. The van der Waals surface area contributed by atoms with Crippen LogP contribution >= 0.6 is 0 Å². The number of aromatic nitrogens is 4. The molecule has 3 heterocycles. The molecule has 0 atom stereocenters. The molecule has 0 saturated heterocycles. The lowest BCUT2D eigenvalue weighted by atomic mass is 10.1. The van der Waals surface area contributed by atoms with Crippen molar-refractivity contribution in [2.75, 3.05) is 7.11 Å². The molecule has 1 aromatic carbocycles. The standard InChI is InChI=1S/C25H22N4O2/c1-30-25-17-24(31-18-23-7-3-5-15-27-23)13-9-19(25)8-10-21-16-22(29-28-21)12-11-20-6-2-4-14-26-20/h2-17H,18H2,1H3,(H,28,29)/b10-8+,12-11+. The number of nitrogens with one attached hydrogen (secondary N) is 1. The zero-order valence-electron chi connectivity index (χ0n) is 17.1. The number of hydrogen-bond donors (Lipinski definition) is 1. The van der Waals surface area contributed by atoms with Crippen LogP contribution in [-0.2, 0) is 6.61 Å². The highest BCUT2D eigenvalue weighted by Crippen LogP contribution is 2.27. The van der Waals surface area contributed by atoms with Crippen LogP contribution in [0.15, 0.2) is 73.1 Å². The third-order valence-corrected chi connectivity index (χ3v) is 4.49. The van der Waals surface area contributed by atoms with Gasteiger partial charge < -0.3 is 9.47 Å². The smallest absolute Gasteiger partial charge is 0.130 e. The average Bonchev–Trinajstić information content (AvgIpc) is 3.29. The third-order valence-electron chi connectivity index (χ3n) is 4.49. The van der Waals surface area contributed by atoms with E-state index >= 15 is 0 Å². The van der Waals surface area contributed by atoms with E-state index in [0.29, 0.717) is 6.61 Å². The molecule has 0 unspecified atom stereocenters. The van der Waals surface area contributed by atoms with Crippen molar-refractivity contribution in [1.29, 1.82) is 0 Å². The van der Waals surface area contributed by atoms with Crippen LogP contribution in [0.5, 0.6) is 11.5 Å². The fourth-order valence-corrected chi connectivity index (χ4v) is 2.91. The summed E-state index contributed by atoms with van der Waals surface area (Å²) in [6.45, 7) is 0.404. The lowest BCUT2D eigenvalue weighted by Crippen LogP contribution is -1.98. The van der Waals surface area contributed by atoms with Crippen molar-refractivity contribution in [2.24, 2.45) is 0 Å². The van der Waals surface area contributed by atoms with Gasteiger partial charge in [0, 0.05) is 24.0 Å². The molecule has 6 heteroatoms. The Hall–Kier alpha value is -4.19. The molecule has 3 aromatic heterocycles. The van der Waals surface area contributed by atoms with E-state index in [-0.39, 0.29) is 0 Å². The van der Waals surface area contributed by atoms with Gasteiger partial charge in [-0.2, -0.15) is 5.10 Å². The topological polar surface area (TPSA) is 72.9 Å². The van der Waals surface area contributed by atoms with Gasteiger partial charge in [0.15, 0.2) is 0 Å². The van der Waals surface area contributed by atoms with Crippen LogP contribution in [-0.4, -0.2) is 27.3 Å². The number of pyridine rings is 2. The Kier molecular flexibility index (Phi) is 6.50. The van der Waals surface area contributed by atoms with Crippen LogP contribution in [0.1, 0.15) is 28.3 Å².